The number of aromatic nitrogens is 3. The summed E-state index contributed by atoms with van der Waals surface area (Å²) in [6, 6.07) is 1.96. The van der Waals surface area contributed by atoms with Crippen LogP contribution < -0.4 is 5.73 Å². The molecule has 0 saturated heterocycles. The van der Waals surface area contributed by atoms with Crippen LogP contribution in [-0.2, 0) is 6.54 Å². The summed E-state index contributed by atoms with van der Waals surface area (Å²) >= 11 is 0. The summed E-state index contributed by atoms with van der Waals surface area (Å²) < 4.78 is 2.02. The molecule has 0 aromatic carbocycles. The minimum atomic E-state index is 0.108. The first-order valence-corrected chi connectivity index (χ1v) is 6.52. The van der Waals surface area contributed by atoms with E-state index in [1.165, 1.54) is 0 Å². The molecule has 0 atom stereocenters. The van der Waals surface area contributed by atoms with Gasteiger partial charge in [-0.3, -0.25) is 4.57 Å². The van der Waals surface area contributed by atoms with Crippen LogP contribution in [0.2, 0.25) is 0 Å². The van der Waals surface area contributed by atoms with Crippen molar-refractivity contribution < 1.29 is 0 Å². The molecule has 2 N–H and O–H groups in total. The number of nitrogens with zero attached hydrogens (tertiary/aromatic N) is 4. The fraction of sp³-hybridized carbons (Fsp3) is 0.571. The van der Waals surface area contributed by atoms with Gasteiger partial charge in [0.05, 0.1) is 0 Å². The third kappa shape index (κ3) is 2.87. The van der Waals surface area contributed by atoms with Crippen molar-refractivity contribution in [2.24, 2.45) is 5.41 Å². The number of aryl methyl sites for hydroxylation is 1. The van der Waals surface area contributed by atoms with E-state index in [4.69, 9.17) is 5.73 Å². The van der Waals surface area contributed by atoms with E-state index in [2.05, 4.69) is 42.8 Å². The highest BCUT2D eigenvalue weighted by molar-refractivity contribution is 5.77. The van der Waals surface area contributed by atoms with Gasteiger partial charge in [0.25, 0.3) is 0 Å². The van der Waals surface area contributed by atoms with Gasteiger partial charge >= 0.3 is 0 Å². The van der Waals surface area contributed by atoms with E-state index in [9.17, 15) is 0 Å². The maximum atomic E-state index is 6.06. The lowest BCUT2D eigenvalue weighted by atomic mass is 9.93. The van der Waals surface area contributed by atoms with Crippen LogP contribution in [0.1, 0.15) is 19.4 Å². The number of anilines is 1. The molecule has 2 aromatic rings. The third-order valence-electron chi connectivity index (χ3n) is 3.20. The third-order valence-corrected chi connectivity index (χ3v) is 3.20. The van der Waals surface area contributed by atoms with Crippen LogP contribution in [0.4, 0.5) is 5.95 Å². The van der Waals surface area contributed by atoms with Crippen molar-refractivity contribution in [2.75, 3.05) is 26.4 Å². The minimum absolute atomic E-state index is 0.108. The van der Waals surface area contributed by atoms with Crippen molar-refractivity contribution in [2.45, 2.75) is 27.3 Å². The first-order valence-electron chi connectivity index (χ1n) is 6.52. The van der Waals surface area contributed by atoms with Gasteiger partial charge in [-0.15, -0.1) is 0 Å². The van der Waals surface area contributed by atoms with Crippen molar-refractivity contribution in [1.82, 2.24) is 19.4 Å². The van der Waals surface area contributed by atoms with Crippen LogP contribution >= 0.6 is 0 Å². The molecule has 104 valence electrons. The maximum Gasteiger partial charge on any atom is 0.202 e. The first kappa shape index (κ1) is 13.8. The van der Waals surface area contributed by atoms with Crippen molar-refractivity contribution in [3.63, 3.8) is 0 Å². The molecule has 0 aliphatic heterocycles. The van der Waals surface area contributed by atoms with Gasteiger partial charge in [0.15, 0.2) is 5.65 Å². The SMILES string of the molecule is Cc1ccnc2c1nc(N)n2CC(C)(C)CN(C)C. The second-order valence-electron chi connectivity index (χ2n) is 6.26. The van der Waals surface area contributed by atoms with Crippen LogP contribution in [0.5, 0.6) is 0 Å². The zero-order valence-corrected chi connectivity index (χ0v) is 12.4. The molecule has 2 heterocycles. The average molecular weight is 261 g/mol. The second-order valence-corrected chi connectivity index (χ2v) is 6.26. The standard InChI is InChI=1S/C14H23N5/c1-10-6-7-16-12-11(10)17-13(15)19(12)9-14(2,3)8-18(4)5/h6-7H,8-9H2,1-5H3,(H2,15,17). The van der Waals surface area contributed by atoms with Crippen LogP contribution in [-0.4, -0.2) is 40.1 Å². The van der Waals surface area contributed by atoms with Crippen molar-refractivity contribution in [3.05, 3.63) is 17.8 Å². The van der Waals surface area contributed by atoms with E-state index >= 15 is 0 Å². The highest BCUT2D eigenvalue weighted by Crippen LogP contribution is 2.25. The molecule has 5 heteroatoms. The summed E-state index contributed by atoms with van der Waals surface area (Å²) in [5, 5.41) is 0. The number of nitrogen functional groups attached to an aromatic ring is 1. The fourth-order valence-corrected chi connectivity index (χ4v) is 2.65. The molecule has 0 fully saturated rings. The molecule has 2 aromatic heterocycles. The van der Waals surface area contributed by atoms with Crippen LogP contribution in [0.3, 0.4) is 0 Å². The van der Waals surface area contributed by atoms with Crippen LogP contribution in [0.15, 0.2) is 12.3 Å². The molecule has 5 nitrogen and oxygen atoms in total. The summed E-state index contributed by atoms with van der Waals surface area (Å²) in [7, 11) is 4.17. The number of nitrogens with two attached hydrogens (primary N) is 1. The predicted molar refractivity (Wildman–Crippen MR) is 79.0 cm³/mol. The number of pyridine rings is 1. The monoisotopic (exact) mass is 261 g/mol. The Morgan fingerprint density at radius 3 is 2.68 bits per heavy atom. The molecule has 0 aliphatic carbocycles. The number of hydrogen-bond acceptors (Lipinski definition) is 4. The minimum Gasteiger partial charge on any atom is -0.369 e. The zero-order valence-electron chi connectivity index (χ0n) is 12.4. The Hall–Kier alpha value is -1.62. The summed E-state index contributed by atoms with van der Waals surface area (Å²) in [5.74, 6) is 0.545. The molecule has 0 saturated carbocycles. The number of rotatable bonds is 4. The van der Waals surface area contributed by atoms with E-state index in [0.717, 1.165) is 29.8 Å². The Kier molecular flexibility index (Phi) is 3.49. The van der Waals surface area contributed by atoms with Crippen molar-refractivity contribution in [3.8, 4) is 0 Å². The highest BCUT2D eigenvalue weighted by atomic mass is 15.2. The summed E-state index contributed by atoms with van der Waals surface area (Å²) in [6.07, 6.45) is 1.81. The molecule has 0 radical (unpaired) electrons. The van der Waals surface area contributed by atoms with Gasteiger partial charge in [-0.05, 0) is 38.1 Å². The molecule has 0 bridgehead atoms. The number of fused-ring (bicyclic) bond motifs is 1. The summed E-state index contributed by atoms with van der Waals surface area (Å²) in [4.78, 5) is 11.1. The van der Waals surface area contributed by atoms with Crippen LogP contribution in [0, 0.1) is 12.3 Å². The lowest BCUT2D eigenvalue weighted by molar-refractivity contribution is 0.214. The Labute approximate surface area is 114 Å². The average Bonchev–Trinajstić information content (AvgIpc) is 2.56. The Morgan fingerprint density at radius 1 is 1.37 bits per heavy atom. The second kappa shape index (κ2) is 4.81. The molecule has 0 unspecified atom stereocenters. The van der Waals surface area contributed by atoms with Gasteiger partial charge in [-0.1, -0.05) is 13.8 Å². The van der Waals surface area contributed by atoms with Gasteiger partial charge in [0, 0.05) is 19.3 Å². The normalized spacial score (nSPS) is 12.5. The molecule has 2 rings (SSSR count). The molecule has 0 amide bonds. The predicted octanol–water partition coefficient (Wildman–Crippen LogP) is 1.91. The largest absolute Gasteiger partial charge is 0.369 e. The topological polar surface area (TPSA) is 60.0 Å². The summed E-state index contributed by atoms with van der Waals surface area (Å²) in [5.41, 5.74) is 9.06. The molecule has 0 spiro atoms. The quantitative estimate of drug-likeness (QED) is 0.913. The fourth-order valence-electron chi connectivity index (χ4n) is 2.65. The van der Waals surface area contributed by atoms with Gasteiger partial charge in [0.2, 0.25) is 5.95 Å². The van der Waals surface area contributed by atoms with Crippen molar-refractivity contribution >= 4 is 17.1 Å². The van der Waals surface area contributed by atoms with E-state index in [-0.39, 0.29) is 5.41 Å². The Balaban J connectivity index is 2.40. The van der Waals surface area contributed by atoms with Gasteiger partial charge in [0.1, 0.15) is 5.52 Å². The highest BCUT2D eigenvalue weighted by Gasteiger charge is 2.23. The van der Waals surface area contributed by atoms with Crippen molar-refractivity contribution in [1.29, 1.82) is 0 Å². The zero-order chi connectivity index (χ0) is 14.2. The van der Waals surface area contributed by atoms with Gasteiger partial charge in [-0.25, -0.2) is 9.97 Å². The molecular formula is C14H23N5. The Morgan fingerprint density at radius 2 is 2.05 bits per heavy atom. The van der Waals surface area contributed by atoms with E-state index in [0.29, 0.717) is 5.95 Å². The lowest BCUT2D eigenvalue weighted by Gasteiger charge is -2.29. The smallest absolute Gasteiger partial charge is 0.202 e. The van der Waals surface area contributed by atoms with Crippen LogP contribution in [0.25, 0.3) is 11.2 Å². The van der Waals surface area contributed by atoms with Gasteiger partial charge < -0.3 is 10.6 Å². The molecule has 0 aliphatic rings. The van der Waals surface area contributed by atoms with Gasteiger partial charge in [-0.2, -0.15) is 0 Å². The number of hydrogen-bond donors (Lipinski definition) is 1. The van der Waals surface area contributed by atoms with E-state index in [1.807, 2.05) is 23.8 Å². The first-order chi connectivity index (χ1) is 8.80. The lowest BCUT2D eigenvalue weighted by Crippen LogP contribution is -2.32. The van der Waals surface area contributed by atoms with E-state index < -0.39 is 0 Å². The van der Waals surface area contributed by atoms with E-state index in [1.54, 1.807) is 0 Å². The summed E-state index contributed by atoms with van der Waals surface area (Å²) in [6.45, 7) is 8.29. The maximum absolute atomic E-state index is 6.06. The Bertz CT molecular complexity index is 583. The molecular weight excluding hydrogens is 238 g/mol. The number of imidazole rings is 1. The molecule has 19 heavy (non-hydrogen) atoms.